The Hall–Kier alpha value is -2.24. The van der Waals surface area contributed by atoms with Gasteiger partial charge in [0.2, 0.25) is 5.89 Å². The molecule has 1 heterocycles. The average molecular weight is 286 g/mol. The van der Waals surface area contributed by atoms with E-state index in [0.29, 0.717) is 17.5 Å². The van der Waals surface area contributed by atoms with Crippen LogP contribution in [0, 0.1) is 5.82 Å². The number of aliphatic hydroxyl groups is 1. The molecule has 0 aliphatic heterocycles. The van der Waals surface area contributed by atoms with E-state index in [0.717, 1.165) is 5.56 Å². The minimum Gasteiger partial charge on any atom is -0.438 e. The molecule has 2 unspecified atom stereocenters. The van der Waals surface area contributed by atoms with Crippen LogP contribution in [0.3, 0.4) is 0 Å². The maximum Gasteiger partial charge on any atom is 0.225 e. The Morgan fingerprint density at radius 2 is 1.95 bits per heavy atom. The molecule has 3 aromatic rings. The van der Waals surface area contributed by atoms with Crippen molar-refractivity contribution < 1.29 is 13.9 Å². The largest absolute Gasteiger partial charge is 0.438 e. The zero-order chi connectivity index (χ0) is 14.8. The number of hydrogen-bond acceptors (Lipinski definition) is 4. The first kappa shape index (κ1) is 13.7. The van der Waals surface area contributed by atoms with Gasteiger partial charge in [0, 0.05) is 12.1 Å². The van der Waals surface area contributed by atoms with Crippen molar-refractivity contribution >= 4 is 11.1 Å². The first-order chi connectivity index (χ1) is 10.1. The predicted molar refractivity (Wildman–Crippen MR) is 77.0 cm³/mol. The minimum absolute atomic E-state index is 0.110. The number of aliphatic hydroxyl groups excluding tert-OH is 1. The molecule has 0 aliphatic carbocycles. The van der Waals surface area contributed by atoms with E-state index in [1.807, 2.05) is 30.3 Å². The lowest BCUT2D eigenvalue weighted by Crippen LogP contribution is -2.30. The molecule has 4 nitrogen and oxygen atoms in total. The summed E-state index contributed by atoms with van der Waals surface area (Å²) in [5, 5.41) is 10.2. The number of nitrogens with two attached hydrogens (primary N) is 1. The number of rotatable bonds is 4. The molecule has 3 rings (SSSR count). The number of nitrogens with zero attached hydrogens (tertiary/aromatic N) is 1. The molecule has 5 heteroatoms. The topological polar surface area (TPSA) is 72.3 Å². The van der Waals surface area contributed by atoms with Crippen molar-refractivity contribution in [1.82, 2.24) is 4.98 Å². The van der Waals surface area contributed by atoms with Crippen molar-refractivity contribution in [2.24, 2.45) is 5.73 Å². The maximum atomic E-state index is 13.1. The third-order valence-electron chi connectivity index (χ3n) is 3.34. The summed E-state index contributed by atoms with van der Waals surface area (Å²) >= 11 is 0. The number of halogens is 1. The van der Waals surface area contributed by atoms with Crippen molar-refractivity contribution in [3.05, 3.63) is 65.8 Å². The molecule has 0 spiro atoms. The highest BCUT2D eigenvalue weighted by Crippen LogP contribution is 2.23. The van der Waals surface area contributed by atoms with Crippen LogP contribution in [0.5, 0.6) is 0 Å². The zero-order valence-corrected chi connectivity index (χ0v) is 11.2. The number of fused-ring (bicyclic) bond motifs is 1. The van der Waals surface area contributed by atoms with Gasteiger partial charge in [0.15, 0.2) is 5.58 Å². The Kier molecular flexibility index (Phi) is 3.68. The van der Waals surface area contributed by atoms with Crippen LogP contribution in [0.4, 0.5) is 4.39 Å². The minimum atomic E-state index is -1.04. The molecule has 3 N–H and O–H groups in total. The monoisotopic (exact) mass is 286 g/mol. The van der Waals surface area contributed by atoms with Gasteiger partial charge in [-0.1, -0.05) is 30.3 Å². The fourth-order valence-corrected chi connectivity index (χ4v) is 2.23. The molecule has 0 radical (unpaired) electrons. The SMILES string of the molecule is NC(Cc1ccccc1)C(O)c1nc2cc(F)ccc2o1. The Morgan fingerprint density at radius 1 is 1.19 bits per heavy atom. The Morgan fingerprint density at radius 3 is 2.71 bits per heavy atom. The molecule has 0 fully saturated rings. The van der Waals surface area contributed by atoms with Gasteiger partial charge in [-0.05, 0) is 24.1 Å². The van der Waals surface area contributed by atoms with Gasteiger partial charge in [0.25, 0.3) is 0 Å². The third-order valence-corrected chi connectivity index (χ3v) is 3.34. The lowest BCUT2D eigenvalue weighted by Gasteiger charge is -2.15. The standard InChI is InChI=1S/C16H15FN2O2/c17-11-6-7-14-13(9-11)19-16(21-14)15(20)12(18)8-10-4-2-1-3-5-10/h1-7,9,12,15,20H,8,18H2. The molecule has 0 saturated carbocycles. The fourth-order valence-electron chi connectivity index (χ4n) is 2.23. The lowest BCUT2D eigenvalue weighted by atomic mass is 10.0. The van der Waals surface area contributed by atoms with Gasteiger partial charge in [0.05, 0.1) is 0 Å². The van der Waals surface area contributed by atoms with Gasteiger partial charge in [-0.25, -0.2) is 9.37 Å². The van der Waals surface area contributed by atoms with Crippen molar-refractivity contribution in [2.75, 3.05) is 0 Å². The second-order valence-electron chi connectivity index (χ2n) is 4.96. The van der Waals surface area contributed by atoms with Gasteiger partial charge in [-0.15, -0.1) is 0 Å². The van der Waals surface area contributed by atoms with Crippen LogP contribution >= 0.6 is 0 Å². The van der Waals surface area contributed by atoms with Gasteiger partial charge in [-0.2, -0.15) is 0 Å². The highest BCUT2D eigenvalue weighted by atomic mass is 19.1. The molecule has 0 amide bonds. The van der Waals surface area contributed by atoms with Crippen LogP contribution in [0.25, 0.3) is 11.1 Å². The van der Waals surface area contributed by atoms with Crippen molar-refractivity contribution in [2.45, 2.75) is 18.6 Å². The summed E-state index contributed by atoms with van der Waals surface area (Å²) in [4.78, 5) is 4.10. The summed E-state index contributed by atoms with van der Waals surface area (Å²) < 4.78 is 18.6. The van der Waals surface area contributed by atoms with Crippen LogP contribution in [-0.2, 0) is 6.42 Å². The highest BCUT2D eigenvalue weighted by molar-refractivity contribution is 5.72. The highest BCUT2D eigenvalue weighted by Gasteiger charge is 2.23. The number of oxazole rings is 1. The molecule has 108 valence electrons. The van der Waals surface area contributed by atoms with Crippen LogP contribution in [0.2, 0.25) is 0 Å². The second-order valence-corrected chi connectivity index (χ2v) is 4.96. The summed E-state index contributed by atoms with van der Waals surface area (Å²) in [5.41, 5.74) is 7.83. The second kappa shape index (κ2) is 5.63. The first-order valence-electron chi connectivity index (χ1n) is 6.67. The van der Waals surface area contributed by atoms with Crippen molar-refractivity contribution in [1.29, 1.82) is 0 Å². The molecule has 0 saturated heterocycles. The lowest BCUT2D eigenvalue weighted by molar-refractivity contribution is 0.117. The Bertz CT molecular complexity index is 742. The average Bonchev–Trinajstić information content (AvgIpc) is 2.90. The maximum absolute atomic E-state index is 13.1. The molecule has 1 aromatic heterocycles. The van der Waals surface area contributed by atoms with Gasteiger partial charge in [0.1, 0.15) is 17.4 Å². The molecule has 2 aromatic carbocycles. The molecule has 2 atom stereocenters. The smallest absolute Gasteiger partial charge is 0.225 e. The van der Waals surface area contributed by atoms with E-state index in [4.69, 9.17) is 10.2 Å². The predicted octanol–water partition coefficient (Wildman–Crippen LogP) is 2.57. The van der Waals surface area contributed by atoms with Crippen LogP contribution in [0.15, 0.2) is 52.9 Å². The van der Waals surface area contributed by atoms with Gasteiger partial charge < -0.3 is 15.3 Å². The summed E-state index contributed by atoms with van der Waals surface area (Å²) in [6.07, 6.45) is -0.546. The first-order valence-corrected chi connectivity index (χ1v) is 6.67. The molecular formula is C16H15FN2O2. The van der Waals surface area contributed by atoms with Crippen LogP contribution in [0.1, 0.15) is 17.6 Å². The van der Waals surface area contributed by atoms with Crippen molar-refractivity contribution in [3.63, 3.8) is 0 Å². The van der Waals surface area contributed by atoms with Crippen LogP contribution in [-0.4, -0.2) is 16.1 Å². The number of hydrogen-bond donors (Lipinski definition) is 2. The van der Waals surface area contributed by atoms with E-state index in [2.05, 4.69) is 4.98 Å². The molecular weight excluding hydrogens is 271 g/mol. The molecule has 21 heavy (non-hydrogen) atoms. The normalized spacial score (nSPS) is 14.2. The molecule has 0 aliphatic rings. The van der Waals surface area contributed by atoms with Crippen LogP contribution < -0.4 is 5.73 Å². The van der Waals surface area contributed by atoms with E-state index < -0.39 is 18.0 Å². The van der Waals surface area contributed by atoms with E-state index in [-0.39, 0.29) is 5.89 Å². The van der Waals surface area contributed by atoms with Gasteiger partial charge >= 0.3 is 0 Å². The summed E-state index contributed by atoms with van der Waals surface area (Å²) in [6.45, 7) is 0. The van der Waals surface area contributed by atoms with E-state index >= 15 is 0 Å². The number of aromatic nitrogens is 1. The Balaban J connectivity index is 1.80. The van der Waals surface area contributed by atoms with Crippen molar-refractivity contribution in [3.8, 4) is 0 Å². The Labute approximate surface area is 121 Å². The fraction of sp³-hybridized carbons (Fsp3) is 0.188. The summed E-state index contributed by atoms with van der Waals surface area (Å²) in [7, 11) is 0. The third kappa shape index (κ3) is 2.94. The quantitative estimate of drug-likeness (QED) is 0.773. The number of benzene rings is 2. The van der Waals surface area contributed by atoms with Gasteiger partial charge in [-0.3, -0.25) is 0 Å². The summed E-state index contributed by atoms with van der Waals surface area (Å²) in [5.74, 6) is -0.288. The van der Waals surface area contributed by atoms with E-state index in [1.165, 1.54) is 18.2 Å². The van der Waals surface area contributed by atoms with E-state index in [9.17, 15) is 9.50 Å². The van der Waals surface area contributed by atoms with E-state index in [1.54, 1.807) is 0 Å². The summed E-state index contributed by atoms with van der Waals surface area (Å²) in [6, 6.07) is 13.1. The molecule has 0 bridgehead atoms. The zero-order valence-electron chi connectivity index (χ0n) is 11.2.